The van der Waals surface area contributed by atoms with E-state index in [1.54, 1.807) is 0 Å². The molecule has 1 rings (SSSR count). The summed E-state index contributed by atoms with van der Waals surface area (Å²) in [4.78, 5) is 22.6. The Labute approximate surface area is 132 Å². The summed E-state index contributed by atoms with van der Waals surface area (Å²) in [6, 6.07) is 7.90. The number of carbonyl (C=O) groups is 2. The van der Waals surface area contributed by atoms with Crippen LogP contribution >= 0.6 is 0 Å². The fourth-order valence-electron chi connectivity index (χ4n) is 2.10. The molecule has 0 radical (unpaired) electrons. The number of hydrogen-bond acceptors (Lipinski definition) is 3. The summed E-state index contributed by atoms with van der Waals surface area (Å²) in [6.45, 7) is 6.00. The largest absolute Gasteiger partial charge is 0.356 e. The van der Waals surface area contributed by atoms with Crippen LogP contribution in [0.3, 0.4) is 0 Å². The second-order valence-electron chi connectivity index (χ2n) is 5.32. The summed E-state index contributed by atoms with van der Waals surface area (Å²) in [5.74, 6) is 0.0373. The summed E-state index contributed by atoms with van der Waals surface area (Å²) in [7, 11) is 0. The Morgan fingerprint density at radius 1 is 1.14 bits per heavy atom. The maximum atomic E-state index is 11.9. The Bertz CT molecular complexity index is 475. The van der Waals surface area contributed by atoms with Crippen molar-refractivity contribution >= 4 is 17.5 Å². The molecule has 0 aromatic heterocycles. The Kier molecular flexibility index (Phi) is 8.91. The standard InChI is InChI=1S/C17H27N3O2/c1-3-18-13-15-8-7-9-16(12-15)20-17(22)10-5-4-6-11-19-14(2)21/h7-9,12,18H,3-6,10-11,13H2,1-2H3,(H,19,21)(H,20,22). The molecule has 0 saturated heterocycles. The normalized spacial score (nSPS) is 10.3. The van der Waals surface area contributed by atoms with Gasteiger partial charge in [-0.2, -0.15) is 0 Å². The van der Waals surface area contributed by atoms with Crippen molar-refractivity contribution in [1.29, 1.82) is 0 Å². The molecule has 0 heterocycles. The third kappa shape index (κ3) is 8.42. The molecule has 0 saturated carbocycles. The molecule has 0 aliphatic carbocycles. The molecule has 5 nitrogen and oxygen atoms in total. The quantitative estimate of drug-likeness (QED) is 0.581. The van der Waals surface area contributed by atoms with Gasteiger partial charge in [0.1, 0.15) is 0 Å². The van der Waals surface area contributed by atoms with E-state index >= 15 is 0 Å². The summed E-state index contributed by atoms with van der Waals surface area (Å²) < 4.78 is 0. The first kappa shape index (κ1) is 18.2. The third-order valence-corrected chi connectivity index (χ3v) is 3.24. The fourth-order valence-corrected chi connectivity index (χ4v) is 2.10. The second kappa shape index (κ2) is 10.8. The smallest absolute Gasteiger partial charge is 0.224 e. The van der Waals surface area contributed by atoms with Gasteiger partial charge in [-0.3, -0.25) is 9.59 Å². The van der Waals surface area contributed by atoms with Crippen molar-refractivity contribution in [2.75, 3.05) is 18.4 Å². The number of nitrogens with one attached hydrogen (secondary N) is 3. The van der Waals surface area contributed by atoms with Crippen LogP contribution in [0.25, 0.3) is 0 Å². The molecule has 0 bridgehead atoms. The van der Waals surface area contributed by atoms with E-state index in [4.69, 9.17) is 0 Å². The SMILES string of the molecule is CCNCc1cccc(NC(=O)CCCCCNC(C)=O)c1. The highest BCUT2D eigenvalue weighted by atomic mass is 16.2. The molecule has 3 N–H and O–H groups in total. The van der Waals surface area contributed by atoms with Crippen LogP contribution in [0, 0.1) is 0 Å². The predicted molar refractivity (Wildman–Crippen MR) is 89.6 cm³/mol. The molecule has 22 heavy (non-hydrogen) atoms. The molecule has 1 aromatic rings. The number of hydrogen-bond donors (Lipinski definition) is 3. The first-order valence-corrected chi connectivity index (χ1v) is 7.95. The van der Waals surface area contributed by atoms with Gasteiger partial charge >= 0.3 is 0 Å². The minimum atomic E-state index is -0.00446. The molecular weight excluding hydrogens is 278 g/mol. The van der Waals surface area contributed by atoms with Crippen molar-refractivity contribution in [3.05, 3.63) is 29.8 Å². The number of amides is 2. The topological polar surface area (TPSA) is 70.2 Å². The molecule has 122 valence electrons. The van der Waals surface area contributed by atoms with Crippen LogP contribution in [-0.4, -0.2) is 24.9 Å². The summed E-state index contributed by atoms with van der Waals surface area (Å²) in [6.07, 6.45) is 3.19. The zero-order valence-corrected chi connectivity index (χ0v) is 13.6. The zero-order valence-electron chi connectivity index (χ0n) is 13.6. The lowest BCUT2D eigenvalue weighted by Crippen LogP contribution is -2.20. The Balaban J connectivity index is 2.22. The van der Waals surface area contributed by atoms with Gasteiger partial charge in [-0.1, -0.05) is 25.5 Å². The van der Waals surface area contributed by atoms with Gasteiger partial charge in [0, 0.05) is 32.1 Å². The molecule has 0 atom stereocenters. The van der Waals surface area contributed by atoms with Gasteiger partial charge in [-0.15, -0.1) is 0 Å². The average molecular weight is 305 g/mol. The van der Waals surface area contributed by atoms with Crippen molar-refractivity contribution in [2.24, 2.45) is 0 Å². The van der Waals surface area contributed by atoms with E-state index in [2.05, 4.69) is 22.9 Å². The van der Waals surface area contributed by atoms with E-state index in [-0.39, 0.29) is 11.8 Å². The monoisotopic (exact) mass is 305 g/mol. The number of carbonyl (C=O) groups excluding carboxylic acids is 2. The van der Waals surface area contributed by atoms with Crippen molar-refractivity contribution in [3.8, 4) is 0 Å². The predicted octanol–water partition coefficient (Wildman–Crippen LogP) is 2.43. The van der Waals surface area contributed by atoms with Crippen molar-refractivity contribution < 1.29 is 9.59 Å². The molecule has 0 aliphatic heterocycles. The first-order valence-electron chi connectivity index (χ1n) is 7.95. The van der Waals surface area contributed by atoms with Crippen molar-refractivity contribution in [1.82, 2.24) is 10.6 Å². The van der Waals surface area contributed by atoms with Crippen molar-refractivity contribution in [3.63, 3.8) is 0 Å². The number of unbranched alkanes of at least 4 members (excludes halogenated alkanes) is 2. The lowest BCUT2D eigenvalue weighted by Gasteiger charge is -2.08. The maximum absolute atomic E-state index is 11.9. The molecule has 0 spiro atoms. The Morgan fingerprint density at radius 3 is 2.68 bits per heavy atom. The average Bonchev–Trinajstić information content (AvgIpc) is 2.48. The van der Waals surface area contributed by atoms with Gasteiger partial charge in [0.05, 0.1) is 0 Å². The summed E-state index contributed by atoms with van der Waals surface area (Å²) in [5.41, 5.74) is 2.01. The maximum Gasteiger partial charge on any atom is 0.224 e. The van der Waals surface area contributed by atoms with E-state index in [9.17, 15) is 9.59 Å². The second-order valence-corrected chi connectivity index (χ2v) is 5.32. The lowest BCUT2D eigenvalue weighted by atomic mass is 10.1. The van der Waals surface area contributed by atoms with E-state index < -0.39 is 0 Å². The van der Waals surface area contributed by atoms with Crippen LogP contribution in [0.5, 0.6) is 0 Å². The highest BCUT2D eigenvalue weighted by Gasteiger charge is 2.03. The number of rotatable bonds is 10. The zero-order chi connectivity index (χ0) is 16.2. The molecular formula is C17H27N3O2. The van der Waals surface area contributed by atoms with Crippen LogP contribution in [0.2, 0.25) is 0 Å². The van der Waals surface area contributed by atoms with E-state index in [0.717, 1.165) is 43.6 Å². The lowest BCUT2D eigenvalue weighted by molar-refractivity contribution is -0.119. The molecule has 0 unspecified atom stereocenters. The minimum Gasteiger partial charge on any atom is -0.356 e. The van der Waals surface area contributed by atoms with E-state index in [0.29, 0.717) is 13.0 Å². The van der Waals surface area contributed by atoms with Crippen LogP contribution in [0.15, 0.2) is 24.3 Å². The third-order valence-electron chi connectivity index (χ3n) is 3.24. The highest BCUT2D eigenvalue weighted by molar-refractivity contribution is 5.90. The van der Waals surface area contributed by atoms with Gasteiger partial charge in [0.15, 0.2) is 0 Å². The molecule has 0 aliphatic rings. The van der Waals surface area contributed by atoms with E-state index in [1.165, 1.54) is 6.92 Å². The van der Waals surface area contributed by atoms with Gasteiger partial charge < -0.3 is 16.0 Å². The van der Waals surface area contributed by atoms with Crippen LogP contribution in [-0.2, 0) is 16.1 Å². The first-order chi connectivity index (χ1) is 10.6. The molecule has 5 heteroatoms. The Hall–Kier alpha value is -1.88. The highest BCUT2D eigenvalue weighted by Crippen LogP contribution is 2.11. The summed E-state index contributed by atoms with van der Waals surface area (Å²) >= 11 is 0. The summed E-state index contributed by atoms with van der Waals surface area (Å²) in [5, 5.41) is 8.95. The number of benzene rings is 1. The van der Waals surface area contributed by atoms with Gasteiger partial charge in [-0.05, 0) is 37.1 Å². The van der Waals surface area contributed by atoms with Crippen molar-refractivity contribution in [2.45, 2.75) is 46.1 Å². The Morgan fingerprint density at radius 2 is 1.95 bits per heavy atom. The minimum absolute atomic E-state index is 0.00446. The van der Waals surface area contributed by atoms with E-state index in [1.807, 2.05) is 24.3 Å². The fraction of sp³-hybridized carbons (Fsp3) is 0.529. The van der Waals surface area contributed by atoms with Gasteiger partial charge in [-0.25, -0.2) is 0 Å². The molecule has 2 amide bonds. The number of anilines is 1. The van der Waals surface area contributed by atoms with Crippen LogP contribution < -0.4 is 16.0 Å². The van der Waals surface area contributed by atoms with Gasteiger partial charge in [0.25, 0.3) is 0 Å². The van der Waals surface area contributed by atoms with Crippen LogP contribution in [0.4, 0.5) is 5.69 Å². The molecule has 1 aromatic carbocycles. The van der Waals surface area contributed by atoms with Crippen LogP contribution in [0.1, 0.15) is 45.1 Å². The van der Waals surface area contributed by atoms with Gasteiger partial charge in [0.2, 0.25) is 11.8 Å². The molecule has 0 fully saturated rings.